The lowest BCUT2D eigenvalue weighted by molar-refractivity contribution is 0.00302. The Morgan fingerprint density at radius 2 is 2.36 bits per heavy atom. The third-order valence-electron chi connectivity index (χ3n) is 2.42. The zero-order valence-corrected chi connectivity index (χ0v) is 8.22. The van der Waals surface area contributed by atoms with Crippen molar-refractivity contribution >= 4 is 0 Å². The molecule has 1 unspecified atom stereocenters. The average molecular weight is 201 g/mol. The van der Waals surface area contributed by atoms with Crippen LogP contribution in [0.5, 0.6) is 0 Å². The standard InChI is InChI=1S/C9H13F2N3/c1-6-5-14-7(3-12-6)4-13-8(14)9(2,10)11/h4,6,12H,3,5H2,1-2H3. The Bertz CT molecular complexity index is 340. The van der Waals surface area contributed by atoms with Gasteiger partial charge in [-0.1, -0.05) is 0 Å². The van der Waals surface area contributed by atoms with Crippen molar-refractivity contribution in [3.8, 4) is 0 Å². The van der Waals surface area contributed by atoms with Crippen LogP contribution in [0.4, 0.5) is 8.78 Å². The Morgan fingerprint density at radius 1 is 1.64 bits per heavy atom. The number of imidazole rings is 1. The van der Waals surface area contributed by atoms with E-state index in [0.717, 1.165) is 12.6 Å². The van der Waals surface area contributed by atoms with E-state index < -0.39 is 5.92 Å². The molecule has 1 aliphatic rings. The Labute approximate surface area is 81.1 Å². The zero-order valence-electron chi connectivity index (χ0n) is 8.22. The third-order valence-corrected chi connectivity index (χ3v) is 2.42. The summed E-state index contributed by atoms with van der Waals surface area (Å²) < 4.78 is 27.8. The Morgan fingerprint density at radius 3 is 3.00 bits per heavy atom. The Kier molecular flexibility index (Phi) is 2.06. The monoisotopic (exact) mass is 201 g/mol. The van der Waals surface area contributed by atoms with E-state index in [0.29, 0.717) is 13.1 Å². The van der Waals surface area contributed by atoms with Crippen LogP contribution in [0.3, 0.4) is 0 Å². The van der Waals surface area contributed by atoms with Gasteiger partial charge < -0.3 is 9.88 Å². The number of alkyl halides is 2. The molecule has 0 aliphatic carbocycles. The molecule has 1 N–H and O–H groups in total. The molecule has 0 bridgehead atoms. The normalized spacial score (nSPS) is 22.1. The van der Waals surface area contributed by atoms with Gasteiger partial charge in [-0.3, -0.25) is 0 Å². The molecule has 5 heteroatoms. The minimum absolute atomic E-state index is 0.124. The number of hydrogen-bond acceptors (Lipinski definition) is 2. The van der Waals surface area contributed by atoms with Crippen molar-refractivity contribution in [1.82, 2.24) is 14.9 Å². The van der Waals surface area contributed by atoms with Gasteiger partial charge >= 0.3 is 5.92 Å². The molecular weight excluding hydrogens is 188 g/mol. The molecule has 0 spiro atoms. The van der Waals surface area contributed by atoms with Crippen LogP contribution in [0, 0.1) is 0 Å². The van der Waals surface area contributed by atoms with Crippen molar-refractivity contribution < 1.29 is 8.78 Å². The first-order chi connectivity index (χ1) is 6.48. The summed E-state index contributed by atoms with van der Waals surface area (Å²) in [6.07, 6.45) is 1.52. The fourth-order valence-electron chi connectivity index (χ4n) is 1.72. The predicted octanol–water partition coefficient (Wildman–Crippen LogP) is 1.49. The molecule has 0 radical (unpaired) electrons. The van der Waals surface area contributed by atoms with Gasteiger partial charge in [-0.2, -0.15) is 8.78 Å². The second-order valence-corrected chi connectivity index (χ2v) is 3.85. The van der Waals surface area contributed by atoms with Crippen molar-refractivity contribution in [1.29, 1.82) is 0 Å². The number of fused-ring (bicyclic) bond motifs is 1. The molecule has 14 heavy (non-hydrogen) atoms. The minimum Gasteiger partial charge on any atom is -0.324 e. The van der Waals surface area contributed by atoms with Crippen LogP contribution in [-0.4, -0.2) is 15.6 Å². The molecule has 0 fully saturated rings. The molecule has 3 nitrogen and oxygen atoms in total. The highest BCUT2D eigenvalue weighted by Crippen LogP contribution is 2.27. The average Bonchev–Trinajstić information content (AvgIpc) is 2.45. The van der Waals surface area contributed by atoms with Crippen LogP contribution in [0.15, 0.2) is 6.20 Å². The van der Waals surface area contributed by atoms with E-state index in [1.807, 2.05) is 6.92 Å². The molecule has 0 saturated heterocycles. The van der Waals surface area contributed by atoms with Crippen molar-refractivity contribution in [2.45, 2.75) is 38.9 Å². The first-order valence-electron chi connectivity index (χ1n) is 4.64. The van der Waals surface area contributed by atoms with Crippen molar-refractivity contribution in [2.24, 2.45) is 0 Å². The number of hydrogen-bond donors (Lipinski definition) is 1. The maximum absolute atomic E-state index is 13.1. The van der Waals surface area contributed by atoms with Crippen molar-refractivity contribution in [2.75, 3.05) is 0 Å². The molecule has 1 aromatic rings. The maximum atomic E-state index is 13.1. The Hall–Kier alpha value is -0.970. The van der Waals surface area contributed by atoms with E-state index in [-0.39, 0.29) is 11.9 Å². The predicted molar refractivity (Wildman–Crippen MR) is 48.1 cm³/mol. The zero-order chi connectivity index (χ0) is 10.3. The number of nitrogens with zero attached hydrogens (tertiary/aromatic N) is 2. The first kappa shape index (κ1) is 9.58. The fraction of sp³-hybridized carbons (Fsp3) is 0.667. The van der Waals surface area contributed by atoms with Gasteiger partial charge in [0.15, 0.2) is 5.82 Å². The first-order valence-corrected chi connectivity index (χ1v) is 4.64. The smallest absolute Gasteiger partial charge is 0.302 e. The molecule has 78 valence electrons. The summed E-state index contributed by atoms with van der Waals surface area (Å²) in [5, 5.41) is 3.20. The van der Waals surface area contributed by atoms with Crippen LogP contribution in [0.25, 0.3) is 0 Å². The number of rotatable bonds is 1. The number of nitrogens with one attached hydrogen (secondary N) is 1. The minimum atomic E-state index is -2.85. The molecule has 0 aromatic carbocycles. The van der Waals surface area contributed by atoms with E-state index in [1.165, 1.54) is 6.20 Å². The van der Waals surface area contributed by atoms with E-state index >= 15 is 0 Å². The highest BCUT2D eigenvalue weighted by molar-refractivity contribution is 5.11. The van der Waals surface area contributed by atoms with Crippen LogP contribution >= 0.6 is 0 Å². The van der Waals surface area contributed by atoms with Crippen LogP contribution in [0.2, 0.25) is 0 Å². The lowest BCUT2D eigenvalue weighted by Gasteiger charge is -2.25. The topological polar surface area (TPSA) is 29.9 Å². The number of aromatic nitrogens is 2. The second kappa shape index (κ2) is 3.02. The van der Waals surface area contributed by atoms with Gasteiger partial charge in [0.25, 0.3) is 0 Å². The molecule has 1 aliphatic heterocycles. The van der Waals surface area contributed by atoms with E-state index in [2.05, 4.69) is 10.3 Å². The maximum Gasteiger partial charge on any atom is 0.302 e. The Balaban J connectivity index is 2.41. The van der Waals surface area contributed by atoms with Gasteiger partial charge in [-0.15, -0.1) is 0 Å². The van der Waals surface area contributed by atoms with Crippen LogP contribution in [-0.2, 0) is 19.0 Å². The lowest BCUT2D eigenvalue weighted by atomic mass is 10.2. The molecular formula is C9H13F2N3. The molecule has 2 heterocycles. The van der Waals surface area contributed by atoms with Gasteiger partial charge in [0.1, 0.15) is 0 Å². The summed E-state index contributed by atoms with van der Waals surface area (Å²) in [5.74, 6) is -2.98. The highest BCUT2D eigenvalue weighted by Gasteiger charge is 2.32. The van der Waals surface area contributed by atoms with Gasteiger partial charge in [-0.05, 0) is 6.92 Å². The number of halogens is 2. The molecule has 0 saturated carbocycles. The summed E-state index contributed by atoms with van der Waals surface area (Å²) in [4.78, 5) is 3.78. The molecule has 1 aromatic heterocycles. The summed E-state index contributed by atoms with van der Waals surface area (Å²) in [5.41, 5.74) is 0.833. The van der Waals surface area contributed by atoms with E-state index in [1.54, 1.807) is 4.57 Å². The van der Waals surface area contributed by atoms with Gasteiger partial charge in [-0.25, -0.2) is 4.98 Å². The molecule has 2 rings (SSSR count). The third kappa shape index (κ3) is 1.52. The lowest BCUT2D eigenvalue weighted by Crippen LogP contribution is -2.37. The van der Waals surface area contributed by atoms with Crippen molar-refractivity contribution in [3.05, 3.63) is 17.7 Å². The van der Waals surface area contributed by atoms with Gasteiger partial charge in [0.05, 0.1) is 11.9 Å². The fourth-order valence-corrected chi connectivity index (χ4v) is 1.72. The van der Waals surface area contributed by atoms with E-state index in [9.17, 15) is 8.78 Å². The van der Waals surface area contributed by atoms with Crippen LogP contribution < -0.4 is 5.32 Å². The second-order valence-electron chi connectivity index (χ2n) is 3.85. The van der Waals surface area contributed by atoms with Gasteiger partial charge in [0, 0.05) is 26.1 Å². The summed E-state index contributed by atoms with van der Waals surface area (Å²) in [7, 11) is 0. The summed E-state index contributed by atoms with van der Waals surface area (Å²) in [6, 6.07) is 0.220. The highest BCUT2D eigenvalue weighted by atomic mass is 19.3. The largest absolute Gasteiger partial charge is 0.324 e. The quantitative estimate of drug-likeness (QED) is 0.746. The molecule has 1 atom stereocenters. The summed E-state index contributed by atoms with van der Waals surface area (Å²) in [6.45, 7) is 4.04. The van der Waals surface area contributed by atoms with Crippen molar-refractivity contribution in [3.63, 3.8) is 0 Å². The SMILES string of the molecule is CC1Cn2c(cnc2C(C)(F)F)CN1. The van der Waals surface area contributed by atoms with Crippen LogP contribution in [0.1, 0.15) is 25.4 Å². The molecule has 0 amide bonds. The van der Waals surface area contributed by atoms with E-state index in [4.69, 9.17) is 0 Å². The summed E-state index contributed by atoms with van der Waals surface area (Å²) >= 11 is 0. The van der Waals surface area contributed by atoms with Gasteiger partial charge in [0.2, 0.25) is 0 Å².